The molecule has 0 bridgehead atoms. The van der Waals surface area contributed by atoms with Crippen LogP contribution in [0.4, 0.5) is 0 Å². The lowest BCUT2D eigenvalue weighted by molar-refractivity contribution is -0.0576. The number of aliphatic hydroxyl groups is 1. The fraction of sp³-hybridized carbons (Fsp3) is 0.647. The van der Waals surface area contributed by atoms with E-state index in [9.17, 15) is 5.11 Å². The molecule has 1 aromatic carbocycles. The minimum absolute atomic E-state index is 0.224. The highest BCUT2D eigenvalue weighted by Crippen LogP contribution is 2.09. The lowest BCUT2D eigenvalue weighted by Crippen LogP contribution is -2.38. The van der Waals surface area contributed by atoms with E-state index in [1.54, 1.807) is 7.11 Å². The Labute approximate surface area is 128 Å². The molecule has 1 unspecified atom stereocenters. The van der Waals surface area contributed by atoms with Gasteiger partial charge in [0.2, 0.25) is 0 Å². The molecule has 120 valence electrons. The molecule has 0 amide bonds. The van der Waals surface area contributed by atoms with E-state index in [2.05, 4.69) is 17.0 Å². The zero-order chi connectivity index (χ0) is 15.7. The minimum Gasteiger partial charge on any atom is -0.389 e. The molecule has 21 heavy (non-hydrogen) atoms. The summed E-state index contributed by atoms with van der Waals surface area (Å²) in [4.78, 5) is 2.19. The molecule has 0 aliphatic rings. The Kier molecular flexibility index (Phi) is 7.89. The molecule has 0 saturated carbocycles. The molecule has 1 aromatic rings. The Balaban J connectivity index is 2.49. The quantitative estimate of drug-likeness (QED) is 0.759. The van der Waals surface area contributed by atoms with Gasteiger partial charge >= 0.3 is 0 Å². The van der Waals surface area contributed by atoms with Crippen LogP contribution in [-0.2, 0) is 16.0 Å². The van der Waals surface area contributed by atoms with Gasteiger partial charge in [-0.25, -0.2) is 0 Å². The molecule has 0 spiro atoms. The first-order valence-electron chi connectivity index (χ1n) is 7.48. The molecule has 1 N–H and O–H groups in total. The molecule has 1 atom stereocenters. The number of ether oxygens (including phenoxy) is 2. The number of nitrogens with zero attached hydrogens (tertiary/aromatic N) is 1. The summed E-state index contributed by atoms with van der Waals surface area (Å²) in [5.74, 6) is 0. The summed E-state index contributed by atoms with van der Waals surface area (Å²) in [5, 5.41) is 10.2. The number of benzene rings is 1. The van der Waals surface area contributed by atoms with Gasteiger partial charge in [0, 0.05) is 26.7 Å². The van der Waals surface area contributed by atoms with E-state index in [-0.39, 0.29) is 5.60 Å². The topological polar surface area (TPSA) is 41.9 Å². The van der Waals surface area contributed by atoms with Gasteiger partial charge in [-0.05, 0) is 26.3 Å². The maximum Gasteiger partial charge on any atom is 0.0900 e. The van der Waals surface area contributed by atoms with Gasteiger partial charge in [0.25, 0.3) is 0 Å². The normalized spacial score (nSPS) is 13.6. The van der Waals surface area contributed by atoms with Gasteiger partial charge in [-0.3, -0.25) is 4.90 Å². The van der Waals surface area contributed by atoms with Crippen molar-refractivity contribution in [1.82, 2.24) is 4.90 Å². The fourth-order valence-electron chi connectivity index (χ4n) is 1.99. The van der Waals surface area contributed by atoms with E-state index in [0.29, 0.717) is 19.8 Å². The number of hydrogen-bond acceptors (Lipinski definition) is 4. The van der Waals surface area contributed by atoms with Gasteiger partial charge in [-0.15, -0.1) is 0 Å². The van der Waals surface area contributed by atoms with Crippen molar-refractivity contribution in [3.05, 3.63) is 35.9 Å². The van der Waals surface area contributed by atoms with Crippen molar-refractivity contribution in [2.24, 2.45) is 0 Å². The Morgan fingerprint density at radius 2 is 1.86 bits per heavy atom. The van der Waals surface area contributed by atoms with Crippen LogP contribution in [0.15, 0.2) is 30.3 Å². The first-order chi connectivity index (χ1) is 9.90. The second-order valence-corrected chi connectivity index (χ2v) is 6.29. The molecule has 0 aromatic heterocycles. The predicted molar refractivity (Wildman–Crippen MR) is 85.3 cm³/mol. The van der Waals surface area contributed by atoms with Crippen LogP contribution < -0.4 is 0 Å². The maximum atomic E-state index is 10.2. The molecule has 0 aliphatic carbocycles. The van der Waals surface area contributed by atoms with E-state index in [4.69, 9.17) is 9.47 Å². The highest BCUT2D eigenvalue weighted by molar-refractivity contribution is 5.14. The highest BCUT2D eigenvalue weighted by Gasteiger charge is 2.16. The number of aliphatic hydroxyl groups excluding tert-OH is 1. The molecule has 0 aliphatic heterocycles. The van der Waals surface area contributed by atoms with Crippen LogP contribution in [0.2, 0.25) is 0 Å². The Morgan fingerprint density at radius 3 is 2.43 bits per heavy atom. The molecule has 1 rings (SSSR count). The number of methoxy groups -OCH3 is 1. The SMILES string of the molecule is COCCN(Cc1ccccc1)CC(O)COC(C)(C)C. The molecule has 0 heterocycles. The van der Waals surface area contributed by atoms with Crippen LogP contribution >= 0.6 is 0 Å². The third kappa shape index (κ3) is 8.83. The Morgan fingerprint density at radius 1 is 1.19 bits per heavy atom. The molecule has 4 nitrogen and oxygen atoms in total. The second-order valence-electron chi connectivity index (χ2n) is 6.29. The first-order valence-corrected chi connectivity index (χ1v) is 7.48. The van der Waals surface area contributed by atoms with E-state index >= 15 is 0 Å². The highest BCUT2D eigenvalue weighted by atomic mass is 16.5. The molecule has 0 fully saturated rings. The number of rotatable bonds is 9. The molecule has 0 radical (unpaired) electrons. The van der Waals surface area contributed by atoms with Crippen LogP contribution in [0.25, 0.3) is 0 Å². The average molecular weight is 295 g/mol. The molecular weight excluding hydrogens is 266 g/mol. The van der Waals surface area contributed by atoms with Crippen LogP contribution in [0.1, 0.15) is 26.3 Å². The van der Waals surface area contributed by atoms with Gasteiger partial charge < -0.3 is 14.6 Å². The van der Waals surface area contributed by atoms with Gasteiger partial charge in [0.05, 0.1) is 24.9 Å². The summed E-state index contributed by atoms with van der Waals surface area (Å²) in [5.41, 5.74) is 1.01. The third-order valence-electron chi connectivity index (χ3n) is 3.04. The molecule has 0 saturated heterocycles. The maximum absolute atomic E-state index is 10.2. The summed E-state index contributed by atoms with van der Waals surface area (Å²) in [6, 6.07) is 10.3. The summed E-state index contributed by atoms with van der Waals surface area (Å²) < 4.78 is 10.8. The van der Waals surface area contributed by atoms with Crippen LogP contribution in [0.3, 0.4) is 0 Å². The zero-order valence-electron chi connectivity index (χ0n) is 13.7. The minimum atomic E-state index is -0.496. The lowest BCUT2D eigenvalue weighted by atomic mass is 10.2. The third-order valence-corrected chi connectivity index (χ3v) is 3.04. The van der Waals surface area contributed by atoms with Crippen molar-refractivity contribution >= 4 is 0 Å². The van der Waals surface area contributed by atoms with E-state index in [1.165, 1.54) is 5.56 Å². The standard InChI is InChI=1S/C17H29NO3/c1-17(2,3)21-14-16(19)13-18(10-11-20-4)12-15-8-6-5-7-9-15/h5-9,16,19H,10-14H2,1-4H3. The van der Waals surface area contributed by atoms with Gasteiger partial charge in [0.15, 0.2) is 0 Å². The number of hydrogen-bond donors (Lipinski definition) is 1. The van der Waals surface area contributed by atoms with Crippen molar-refractivity contribution < 1.29 is 14.6 Å². The Bertz CT molecular complexity index is 375. The van der Waals surface area contributed by atoms with Crippen LogP contribution in [-0.4, -0.2) is 55.1 Å². The fourth-order valence-corrected chi connectivity index (χ4v) is 1.99. The monoisotopic (exact) mass is 295 g/mol. The predicted octanol–water partition coefficient (Wildman–Crippen LogP) is 2.31. The van der Waals surface area contributed by atoms with Gasteiger partial charge in [0.1, 0.15) is 0 Å². The smallest absolute Gasteiger partial charge is 0.0900 e. The summed E-state index contributed by atoms with van der Waals surface area (Å²) >= 11 is 0. The van der Waals surface area contributed by atoms with Crippen molar-refractivity contribution in [2.75, 3.05) is 33.4 Å². The summed E-state index contributed by atoms with van der Waals surface area (Å²) in [6.45, 7) is 9.15. The van der Waals surface area contributed by atoms with E-state index < -0.39 is 6.10 Å². The van der Waals surface area contributed by atoms with Crippen molar-refractivity contribution in [3.8, 4) is 0 Å². The zero-order valence-corrected chi connectivity index (χ0v) is 13.7. The van der Waals surface area contributed by atoms with E-state index in [0.717, 1.165) is 13.1 Å². The largest absolute Gasteiger partial charge is 0.389 e. The van der Waals surface area contributed by atoms with Gasteiger partial charge in [-0.2, -0.15) is 0 Å². The lowest BCUT2D eigenvalue weighted by Gasteiger charge is -2.27. The molecular formula is C17H29NO3. The first kappa shape index (κ1) is 18.1. The van der Waals surface area contributed by atoms with Crippen molar-refractivity contribution in [2.45, 2.75) is 39.0 Å². The summed E-state index contributed by atoms with van der Waals surface area (Å²) in [6.07, 6.45) is -0.496. The van der Waals surface area contributed by atoms with Gasteiger partial charge in [-0.1, -0.05) is 30.3 Å². The summed E-state index contributed by atoms with van der Waals surface area (Å²) in [7, 11) is 1.69. The molecule has 4 heteroatoms. The van der Waals surface area contributed by atoms with Crippen LogP contribution in [0, 0.1) is 0 Å². The van der Waals surface area contributed by atoms with Crippen LogP contribution in [0.5, 0.6) is 0 Å². The van der Waals surface area contributed by atoms with Crippen molar-refractivity contribution in [1.29, 1.82) is 0 Å². The average Bonchev–Trinajstić information content (AvgIpc) is 2.43. The Hall–Kier alpha value is -0.940. The van der Waals surface area contributed by atoms with Crippen molar-refractivity contribution in [3.63, 3.8) is 0 Å². The second kappa shape index (κ2) is 9.15. The van der Waals surface area contributed by atoms with E-state index in [1.807, 2.05) is 39.0 Å².